The molecule has 0 bridgehead atoms. The smallest absolute Gasteiger partial charge is 0.372 e. The molecule has 0 aromatic carbocycles. The Balaban J connectivity index is 2.04. The molecule has 1 amide bonds. The van der Waals surface area contributed by atoms with Crippen LogP contribution in [0.3, 0.4) is 0 Å². The molecule has 3 N–H and O–H groups in total. The molecule has 0 unspecified atom stereocenters. The monoisotopic (exact) mass is 351 g/mol. The number of hydrogen-bond acceptors (Lipinski definition) is 6. The van der Waals surface area contributed by atoms with Crippen LogP contribution in [-0.4, -0.2) is 36.7 Å². The lowest BCUT2D eigenvalue weighted by molar-refractivity contribution is -0.330. The number of anilines is 2. The van der Waals surface area contributed by atoms with Gasteiger partial charge in [0.05, 0.1) is 11.3 Å². The molecule has 10 nitrogen and oxygen atoms in total. The molecule has 10 heteroatoms. The molecule has 0 aliphatic rings. The molecular weight excluding hydrogens is 330 g/mol. The van der Waals surface area contributed by atoms with Gasteiger partial charge in [-0.25, -0.2) is 20.1 Å². The van der Waals surface area contributed by atoms with Crippen molar-refractivity contribution in [2.45, 2.75) is 26.4 Å². The predicted molar refractivity (Wildman–Crippen MR) is 89.1 cm³/mol. The summed E-state index contributed by atoms with van der Waals surface area (Å²) in [6.45, 7) is 5.49. The fraction of sp³-hybridized carbons (Fsp3) is 0.400. The van der Waals surface area contributed by atoms with Crippen LogP contribution in [0.25, 0.3) is 0 Å². The van der Waals surface area contributed by atoms with Crippen molar-refractivity contribution < 1.29 is 24.6 Å². The van der Waals surface area contributed by atoms with E-state index in [9.17, 15) is 9.59 Å². The average molecular weight is 351 g/mol. The van der Waals surface area contributed by atoms with Gasteiger partial charge in [0.2, 0.25) is 5.82 Å². The van der Waals surface area contributed by atoms with E-state index in [1.165, 1.54) is 17.8 Å². The van der Waals surface area contributed by atoms with E-state index >= 15 is 0 Å². The fourth-order valence-corrected chi connectivity index (χ4v) is 1.95. The molecule has 25 heavy (non-hydrogen) atoms. The standard InChI is InChI=1S/C15H21N5O5/c1-15(2,3)24-25-18-9-6-10(19(4)7-9)13(21)17-11-8-20(5)12(16-11)14(22)23/h6-8,18H,1-5H3,(H,17,21)(H,22,23). The van der Waals surface area contributed by atoms with E-state index in [2.05, 4.69) is 15.8 Å². The summed E-state index contributed by atoms with van der Waals surface area (Å²) in [6, 6.07) is 1.56. The molecule has 0 saturated carbocycles. The summed E-state index contributed by atoms with van der Waals surface area (Å²) in [6.07, 6.45) is 3.06. The van der Waals surface area contributed by atoms with E-state index in [1.807, 2.05) is 20.8 Å². The van der Waals surface area contributed by atoms with Gasteiger partial charge < -0.3 is 19.6 Å². The average Bonchev–Trinajstić information content (AvgIpc) is 3.00. The minimum atomic E-state index is -1.18. The number of carbonyl (C=O) groups excluding carboxylic acids is 1. The Morgan fingerprint density at radius 1 is 1.20 bits per heavy atom. The van der Waals surface area contributed by atoms with Crippen LogP contribution in [0.15, 0.2) is 18.5 Å². The van der Waals surface area contributed by atoms with Gasteiger partial charge in [-0.1, -0.05) is 0 Å². The minimum Gasteiger partial charge on any atom is -0.475 e. The molecule has 0 saturated heterocycles. The van der Waals surface area contributed by atoms with Crippen LogP contribution in [-0.2, 0) is 24.0 Å². The van der Waals surface area contributed by atoms with Gasteiger partial charge in [-0.2, -0.15) is 0 Å². The highest BCUT2D eigenvalue weighted by molar-refractivity contribution is 6.03. The molecule has 136 valence electrons. The Labute approximate surface area is 144 Å². The van der Waals surface area contributed by atoms with Crippen molar-refractivity contribution in [3.05, 3.63) is 30.0 Å². The number of carboxylic acid groups (broad SMARTS) is 1. The van der Waals surface area contributed by atoms with Gasteiger partial charge in [-0.15, -0.1) is 4.99 Å². The summed E-state index contributed by atoms with van der Waals surface area (Å²) in [4.78, 5) is 37.2. The predicted octanol–water partition coefficient (Wildman–Crippen LogP) is 1.78. The van der Waals surface area contributed by atoms with Gasteiger partial charge in [0.15, 0.2) is 5.82 Å². The summed E-state index contributed by atoms with van der Waals surface area (Å²) in [5, 5.41) is 11.5. The first-order valence-corrected chi connectivity index (χ1v) is 7.42. The first-order valence-electron chi connectivity index (χ1n) is 7.42. The number of imidazole rings is 1. The highest BCUT2D eigenvalue weighted by atomic mass is 17.3. The molecule has 0 atom stereocenters. The third-order valence-electron chi connectivity index (χ3n) is 3.00. The van der Waals surface area contributed by atoms with Gasteiger partial charge in [0.25, 0.3) is 5.91 Å². The topological polar surface area (TPSA) is 120 Å². The van der Waals surface area contributed by atoms with E-state index in [1.54, 1.807) is 23.9 Å². The van der Waals surface area contributed by atoms with Gasteiger partial charge in [-0.05, 0) is 26.8 Å². The van der Waals surface area contributed by atoms with Crippen LogP contribution in [0, 0.1) is 0 Å². The molecule has 2 heterocycles. The number of carbonyl (C=O) groups is 2. The zero-order valence-electron chi connectivity index (χ0n) is 14.7. The summed E-state index contributed by atoms with van der Waals surface area (Å²) in [5.41, 5.74) is 2.95. The Morgan fingerprint density at radius 3 is 2.44 bits per heavy atom. The fourth-order valence-electron chi connectivity index (χ4n) is 1.95. The SMILES string of the molecule is Cn1cc(NOOC(C)(C)C)cc1C(=O)Nc1cn(C)c(C(=O)O)n1. The molecule has 2 aromatic heterocycles. The molecule has 0 radical (unpaired) electrons. The van der Waals surface area contributed by atoms with E-state index in [0.717, 1.165) is 0 Å². The van der Waals surface area contributed by atoms with Crippen LogP contribution in [0.1, 0.15) is 41.9 Å². The number of aromatic nitrogens is 3. The molecule has 0 spiro atoms. The minimum absolute atomic E-state index is 0.146. The zero-order chi connectivity index (χ0) is 18.8. The van der Waals surface area contributed by atoms with Crippen molar-refractivity contribution in [3.63, 3.8) is 0 Å². The largest absolute Gasteiger partial charge is 0.475 e. The van der Waals surface area contributed by atoms with Crippen LogP contribution in [0.5, 0.6) is 0 Å². The Hall–Kier alpha value is -2.85. The van der Waals surface area contributed by atoms with Crippen LogP contribution in [0.4, 0.5) is 11.5 Å². The Bertz CT molecular complexity index is 787. The lowest BCUT2D eigenvalue weighted by Crippen LogP contribution is -2.21. The van der Waals surface area contributed by atoms with Crippen molar-refractivity contribution in [2.75, 3.05) is 10.8 Å². The van der Waals surface area contributed by atoms with Crippen molar-refractivity contribution >= 4 is 23.4 Å². The van der Waals surface area contributed by atoms with Crippen molar-refractivity contribution in [2.24, 2.45) is 14.1 Å². The number of aryl methyl sites for hydroxylation is 2. The molecule has 0 aliphatic carbocycles. The van der Waals surface area contributed by atoms with Gasteiger partial charge in [0.1, 0.15) is 5.69 Å². The maximum absolute atomic E-state index is 12.3. The summed E-state index contributed by atoms with van der Waals surface area (Å²) in [5.74, 6) is -1.64. The van der Waals surface area contributed by atoms with Crippen LogP contribution >= 0.6 is 0 Å². The highest BCUT2D eigenvalue weighted by Crippen LogP contribution is 2.16. The van der Waals surface area contributed by atoms with E-state index < -0.39 is 17.5 Å². The molecule has 2 aromatic rings. The second-order valence-corrected chi connectivity index (χ2v) is 6.43. The first kappa shape index (κ1) is 18.5. The molecule has 2 rings (SSSR count). The third kappa shape index (κ3) is 4.81. The summed E-state index contributed by atoms with van der Waals surface area (Å²) < 4.78 is 2.90. The number of hydrogen-bond donors (Lipinski definition) is 3. The number of aromatic carboxylic acids is 1. The normalized spacial score (nSPS) is 11.4. The second kappa shape index (κ2) is 6.95. The maximum Gasteiger partial charge on any atom is 0.372 e. The lowest BCUT2D eigenvalue weighted by Gasteiger charge is -2.16. The number of amides is 1. The van der Waals surface area contributed by atoms with E-state index in [0.29, 0.717) is 11.4 Å². The van der Waals surface area contributed by atoms with E-state index in [-0.39, 0.29) is 11.6 Å². The first-order chi connectivity index (χ1) is 11.6. The van der Waals surface area contributed by atoms with Crippen LogP contribution in [0.2, 0.25) is 0 Å². The highest BCUT2D eigenvalue weighted by Gasteiger charge is 2.17. The third-order valence-corrected chi connectivity index (χ3v) is 3.00. The Kier molecular flexibility index (Phi) is 5.14. The van der Waals surface area contributed by atoms with Crippen molar-refractivity contribution in [1.29, 1.82) is 0 Å². The van der Waals surface area contributed by atoms with Gasteiger partial charge in [-0.3, -0.25) is 4.79 Å². The molecular formula is C15H21N5O5. The van der Waals surface area contributed by atoms with E-state index in [4.69, 9.17) is 15.0 Å². The van der Waals surface area contributed by atoms with Gasteiger partial charge in [0, 0.05) is 26.5 Å². The molecule has 0 fully saturated rings. The maximum atomic E-state index is 12.3. The number of nitrogens with one attached hydrogen (secondary N) is 2. The summed E-state index contributed by atoms with van der Waals surface area (Å²) in [7, 11) is 3.22. The van der Waals surface area contributed by atoms with Crippen molar-refractivity contribution in [1.82, 2.24) is 14.1 Å². The number of carboxylic acids is 1. The van der Waals surface area contributed by atoms with Crippen molar-refractivity contribution in [3.8, 4) is 0 Å². The number of nitrogens with zero attached hydrogens (tertiary/aromatic N) is 3. The Morgan fingerprint density at radius 2 is 1.88 bits per heavy atom. The lowest BCUT2D eigenvalue weighted by atomic mass is 10.2. The quantitative estimate of drug-likeness (QED) is 0.536. The van der Waals surface area contributed by atoms with Crippen LogP contribution < -0.4 is 10.8 Å². The van der Waals surface area contributed by atoms with Gasteiger partial charge >= 0.3 is 5.97 Å². The second-order valence-electron chi connectivity index (χ2n) is 6.43. The number of rotatable bonds is 6. The summed E-state index contributed by atoms with van der Waals surface area (Å²) >= 11 is 0. The zero-order valence-corrected chi connectivity index (χ0v) is 14.7. The molecule has 0 aliphatic heterocycles.